The number of hydrogen-bond acceptors (Lipinski definition) is 4. The Kier molecular flexibility index (Phi) is 4.53. The van der Waals surface area contributed by atoms with Gasteiger partial charge in [0.1, 0.15) is 5.82 Å². The molecule has 138 valence electrons. The number of nitrogens with one attached hydrogen (secondary N) is 1. The second-order valence-corrected chi connectivity index (χ2v) is 8.63. The third-order valence-corrected chi connectivity index (χ3v) is 6.22. The van der Waals surface area contributed by atoms with Gasteiger partial charge in [-0.1, -0.05) is 29.8 Å². The number of fused-ring (bicyclic) bond motifs is 1. The smallest absolute Gasteiger partial charge is 0.263 e. The van der Waals surface area contributed by atoms with Crippen LogP contribution in [0.5, 0.6) is 0 Å². The molecule has 1 aliphatic rings. The highest BCUT2D eigenvalue weighted by atomic mass is 35.5. The average molecular weight is 400 g/mol. The molecule has 0 bridgehead atoms. The monoisotopic (exact) mass is 399 g/mol. The maximum absolute atomic E-state index is 12.5. The van der Waals surface area contributed by atoms with Gasteiger partial charge in [0.15, 0.2) is 0 Å². The Bertz CT molecular complexity index is 1070. The van der Waals surface area contributed by atoms with Crippen molar-refractivity contribution in [3.63, 3.8) is 0 Å². The number of sulfonamides is 1. The lowest BCUT2D eigenvalue weighted by Crippen LogP contribution is -2.24. The molecule has 27 heavy (non-hydrogen) atoms. The molecule has 0 aliphatic carbocycles. The van der Waals surface area contributed by atoms with Crippen molar-refractivity contribution in [2.75, 3.05) is 9.62 Å². The molecule has 1 atom stereocenters. The van der Waals surface area contributed by atoms with E-state index in [0.29, 0.717) is 11.1 Å². The van der Waals surface area contributed by atoms with E-state index in [2.05, 4.69) is 33.7 Å². The third-order valence-electron chi connectivity index (χ3n) is 4.60. The summed E-state index contributed by atoms with van der Waals surface area (Å²) in [6.07, 6.45) is 2.67. The second-order valence-electron chi connectivity index (χ2n) is 6.51. The number of halogens is 1. The Morgan fingerprint density at radius 1 is 1.07 bits per heavy atom. The molecule has 1 N–H and O–H groups in total. The maximum Gasteiger partial charge on any atom is 0.263 e. The van der Waals surface area contributed by atoms with Gasteiger partial charge in [-0.25, -0.2) is 13.4 Å². The summed E-state index contributed by atoms with van der Waals surface area (Å²) in [7, 11) is -3.71. The molecule has 7 heteroatoms. The summed E-state index contributed by atoms with van der Waals surface area (Å²) in [5, 5.41) is 0.483. The van der Waals surface area contributed by atoms with Gasteiger partial charge in [0.05, 0.1) is 16.8 Å². The minimum absolute atomic E-state index is 0.139. The van der Waals surface area contributed by atoms with E-state index in [1.54, 1.807) is 24.4 Å². The molecular weight excluding hydrogens is 382 g/mol. The van der Waals surface area contributed by atoms with E-state index in [9.17, 15) is 8.42 Å². The summed E-state index contributed by atoms with van der Waals surface area (Å²) in [6, 6.07) is 18.2. The summed E-state index contributed by atoms with van der Waals surface area (Å²) in [4.78, 5) is 6.66. The number of hydrogen-bond donors (Lipinski definition) is 1. The molecule has 0 radical (unpaired) electrons. The Morgan fingerprint density at radius 2 is 1.81 bits per heavy atom. The fourth-order valence-corrected chi connectivity index (χ4v) is 4.49. The molecule has 2 aromatic carbocycles. The number of para-hydroxylation sites is 1. The van der Waals surface area contributed by atoms with Crippen LogP contribution in [0.4, 0.5) is 17.2 Å². The number of anilines is 3. The van der Waals surface area contributed by atoms with Gasteiger partial charge in [-0.2, -0.15) is 0 Å². The first-order chi connectivity index (χ1) is 12.9. The second kappa shape index (κ2) is 6.87. The van der Waals surface area contributed by atoms with Gasteiger partial charge < -0.3 is 4.90 Å². The maximum atomic E-state index is 12.5. The molecule has 5 nitrogen and oxygen atoms in total. The van der Waals surface area contributed by atoms with Crippen molar-refractivity contribution >= 4 is 38.8 Å². The quantitative estimate of drug-likeness (QED) is 0.695. The van der Waals surface area contributed by atoms with Crippen molar-refractivity contribution < 1.29 is 8.42 Å². The average Bonchev–Trinajstić information content (AvgIpc) is 2.98. The number of nitrogens with zero attached hydrogens (tertiary/aromatic N) is 2. The third kappa shape index (κ3) is 3.50. The fourth-order valence-electron chi connectivity index (χ4n) is 3.36. The zero-order valence-corrected chi connectivity index (χ0v) is 16.2. The van der Waals surface area contributed by atoms with Gasteiger partial charge in [0.25, 0.3) is 10.0 Å². The predicted molar refractivity (Wildman–Crippen MR) is 108 cm³/mol. The highest BCUT2D eigenvalue weighted by Gasteiger charge is 2.27. The van der Waals surface area contributed by atoms with Crippen molar-refractivity contribution in [2.45, 2.75) is 24.3 Å². The van der Waals surface area contributed by atoms with E-state index in [1.165, 1.54) is 23.4 Å². The van der Waals surface area contributed by atoms with Crippen LogP contribution in [0, 0.1) is 0 Å². The standard InChI is InChI=1S/C20H18ClN3O2S/c1-14-12-15-4-2-3-5-19(15)24(14)17-8-11-20(22-13-17)23-27(25,26)18-9-6-16(21)7-10-18/h2-11,13-14H,12H2,1H3,(H,22,23). The number of rotatable bonds is 4. The summed E-state index contributed by atoms with van der Waals surface area (Å²) in [5.41, 5.74) is 3.40. The zero-order chi connectivity index (χ0) is 19.0. The van der Waals surface area contributed by atoms with Gasteiger partial charge in [0.2, 0.25) is 0 Å². The van der Waals surface area contributed by atoms with Crippen molar-refractivity contribution in [3.8, 4) is 0 Å². The lowest BCUT2D eigenvalue weighted by Gasteiger charge is -2.24. The van der Waals surface area contributed by atoms with E-state index in [1.807, 2.05) is 18.2 Å². The summed E-state index contributed by atoms with van der Waals surface area (Å²) in [6.45, 7) is 2.16. The fraction of sp³-hybridized carbons (Fsp3) is 0.150. The Labute approximate surface area is 163 Å². The van der Waals surface area contributed by atoms with Crippen LogP contribution in [0.25, 0.3) is 0 Å². The molecule has 0 spiro atoms. The highest BCUT2D eigenvalue weighted by molar-refractivity contribution is 7.92. The molecule has 0 saturated carbocycles. The normalized spacial score (nSPS) is 16.2. The van der Waals surface area contributed by atoms with Gasteiger partial charge in [0, 0.05) is 16.8 Å². The van der Waals surface area contributed by atoms with Gasteiger partial charge in [-0.3, -0.25) is 4.72 Å². The van der Waals surface area contributed by atoms with Gasteiger partial charge >= 0.3 is 0 Å². The summed E-state index contributed by atoms with van der Waals surface area (Å²) < 4.78 is 27.4. The molecule has 4 rings (SSSR count). The van der Waals surface area contributed by atoms with Crippen LogP contribution in [0.1, 0.15) is 12.5 Å². The number of pyridine rings is 1. The zero-order valence-electron chi connectivity index (χ0n) is 14.6. The highest BCUT2D eigenvalue weighted by Crippen LogP contribution is 2.37. The first-order valence-electron chi connectivity index (χ1n) is 8.56. The van der Waals surface area contributed by atoms with Crippen molar-refractivity contribution in [2.24, 2.45) is 0 Å². The molecule has 2 heterocycles. The van der Waals surface area contributed by atoms with Crippen LogP contribution in [0.15, 0.2) is 71.8 Å². The lowest BCUT2D eigenvalue weighted by molar-refractivity contribution is 0.601. The van der Waals surface area contributed by atoms with E-state index < -0.39 is 10.0 Å². The van der Waals surface area contributed by atoms with E-state index >= 15 is 0 Å². The van der Waals surface area contributed by atoms with Crippen LogP contribution in [0.2, 0.25) is 5.02 Å². The molecule has 1 aliphatic heterocycles. The minimum Gasteiger partial charge on any atom is -0.337 e. The first kappa shape index (κ1) is 17.8. The number of benzene rings is 2. The Hall–Kier alpha value is -2.57. The molecule has 0 amide bonds. The SMILES string of the molecule is CC1Cc2ccccc2N1c1ccc(NS(=O)(=O)c2ccc(Cl)cc2)nc1. The molecule has 3 aromatic rings. The Morgan fingerprint density at radius 3 is 2.52 bits per heavy atom. The van der Waals surface area contributed by atoms with Gasteiger partial charge in [-0.05, 0) is 61.4 Å². The molecule has 1 unspecified atom stereocenters. The van der Waals surface area contributed by atoms with Crippen LogP contribution >= 0.6 is 11.6 Å². The van der Waals surface area contributed by atoms with Crippen LogP contribution < -0.4 is 9.62 Å². The van der Waals surface area contributed by atoms with Crippen LogP contribution in [0.3, 0.4) is 0 Å². The largest absolute Gasteiger partial charge is 0.337 e. The Balaban J connectivity index is 1.57. The molecule has 0 fully saturated rings. The van der Waals surface area contributed by atoms with Crippen LogP contribution in [-0.4, -0.2) is 19.4 Å². The van der Waals surface area contributed by atoms with E-state index in [0.717, 1.165) is 12.1 Å². The summed E-state index contributed by atoms with van der Waals surface area (Å²) in [5.74, 6) is 0.272. The minimum atomic E-state index is -3.71. The molecule has 1 aromatic heterocycles. The van der Waals surface area contributed by atoms with Gasteiger partial charge in [-0.15, -0.1) is 0 Å². The van der Waals surface area contributed by atoms with Crippen LogP contribution in [-0.2, 0) is 16.4 Å². The van der Waals surface area contributed by atoms with Crippen molar-refractivity contribution in [1.29, 1.82) is 0 Å². The summed E-state index contributed by atoms with van der Waals surface area (Å²) >= 11 is 5.82. The van der Waals surface area contributed by atoms with E-state index in [4.69, 9.17) is 11.6 Å². The van der Waals surface area contributed by atoms with Crippen molar-refractivity contribution in [3.05, 3.63) is 77.4 Å². The van der Waals surface area contributed by atoms with Crippen molar-refractivity contribution in [1.82, 2.24) is 4.98 Å². The molecular formula is C20H18ClN3O2S. The first-order valence-corrected chi connectivity index (χ1v) is 10.4. The number of aromatic nitrogens is 1. The predicted octanol–water partition coefficient (Wildman–Crippen LogP) is 4.62. The topological polar surface area (TPSA) is 62.3 Å². The lowest BCUT2D eigenvalue weighted by atomic mass is 10.1. The van der Waals surface area contributed by atoms with E-state index in [-0.39, 0.29) is 10.7 Å². The molecule has 0 saturated heterocycles.